The van der Waals surface area contributed by atoms with Crippen molar-refractivity contribution in [2.45, 2.75) is 26.7 Å². The number of ether oxygens (including phenoxy) is 1. The Morgan fingerprint density at radius 3 is 2.28 bits per heavy atom. The third-order valence-electron chi connectivity index (χ3n) is 5.66. The molecule has 184 valence electrons. The second-order valence-electron chi connectivity index (χ2n) is 8.50. The van der Waals surface area contributed by atoms with Crippen molar-refractivity contribution in [3.05, 3.63) is 94.7 Å². The van der Waals surface area contributed by atoms with Crippen LogP contribution in [0.1, 0.15) is 42.6 Å². The number of carbonyl (C=O) groups is 3. The van der Waals surface area contributed by atoms with Gasteiger partial charge in [0.2, 0.25) is 0 Å². The highest BCUT2D eigenvalue weighted by atomic mass is 35.5. The Bertz CT molecular complexity index is 1330. The summed E-state index contributed by atoms with van der Waals surface area (Å²) in [5.41, 5.74) is 3.00. The van der Waals surface area contributed by atoms with Gasteiger partial charge < -0.3 is 15.4 Å². The van der Waals surface area contributed by atoms with E-state index in [0.29, 0.717) is 40.9 Å². The molecule has 0 unspecified atom stereocenters. The highest BCUT2D eigenvalue weighted by molar-refractivity contribution is 6.53. The number of nitrogens with zero attached hydrogens (tertiary/aromatic N) is 1. The van der Waals surface area contributed by atoms with Crippen molar-refractivity contribution in [1.29, 1.82) is 0 Å². The van der Waals surface area contributed by atoms with Crippen LogP contribution in [0.15, 0.2) is 83.5 Å². The van der Waals surface area contributed by atoms with E-state index in [9.17, 15) is 14.4 Å². The lowest BCUT2D eigenvalue weighted by molar-refractivity contribution is -0.120. The zero-order chi connectivity index (χ0) is 25.8. The zero-order valence-electron chi connectivity index (χ0n) is 20.2. The lowest BCUT2D eigenvalue weighted by Crippen LogP contribution is -2.32. The topological polar surface area (TPSA) is 87.7 Å². The SMILES string of the molecule is CCOc1ccc(N2C(=O)C(Cl)=C(Nc3cccc(C(=O)Nc4ccc(C(C)C)cc4)c3)C2=O)cc1. The molecule has 1 aliphatic rings. The van der Waals surface area contributed by atoms with Crippen LogP contribution in [-0.4, -0.2) is 24.3 Å². The van der Waals surface area contributed by atoms with Gasteiger partial charge >= 0.3 is 0 Å². The number of carbonyl (C=O) groups excluding carboxylic acids is 3. The van der Waals surface area contributed by atoms with Crippen molar-refractivity contribution < 1.29 is 19.1 Å². The van der Waals surface area contributed by atoms with E-state index in [1.807, 2.05) is 31.2 Å². The van der Waals surface area contributed by atoms with E-state index in [4.69, 9.17) is 16.3 Å². The van der Waals surface area contributed by atoms with Crippen LogP contribution in [0, 0.1) is 0 Å². The minimum Gasteiger partial charge on any atom is -0.494 e. The highest BCUT2D eigenvalue weighted by Gasteiger charge is 2.39. The van der Waals surface area contributed by atoms with Crippen LogP contribution >= 0.6 is 11.6 Å². The van der Waals surface area contributed by atoms with Crippen LogP contribution < -0.4 is 20.3 Å². The lowest BCUT2D eigenvalue weighted by atomic mass is 10.0. The molecule has 1 aliphatic heterocycles. The van der Waals surface area contributed by atoms with E-state index in [1.54, 1.807) is 48.5 Å². The average Bonchev–Trinajstić information content (AvgIpc) is 3.08. The number of anilines is 3. The van der Waals surface area contributed by atoms with E-state index in [0.717, 1.165) is 4.90 Å². The summed E-state index contributed by atoms with van der Waals surface area (Å²) in [7, 11) is 0. The smallest absolute Gasteiger partial charge is 0.283 e. The predicted molar refractivity (Wildman–Crippen MR) is 142 cm³/mol. The van der Waals surface area contributed by atoms with Gasteiger partial charge in [0, 0.05) is 16.9 Å². The quantitative estimate of drug-likeness (QED) is 0.374. The number of amides is 3. The van der Waals surface area contributed by atoms with Crippen LogP contribution in [0.5, 0.6) is 5.75 Å². The number of imide groups is 1. The molecule has 0 fully saturated rings. The molecular weight excluding hydrogens is 478 g/mol. The third kappa shape index (κ3) is 5.26. The maximum atomic E-state index is 13.1. The fraction of sp³-hybridized carbons (Fsp3) is 0.179. The molecule has 3 aromatic rings. The maximum Gasteiger partial charge on any atom is 0.283 e. The van der Waals surface area contributed by atoms with Crippen molar-refractivity contribution in [3.8, 4) is 5.75 Å². The first-order valence-electron chi connectivity index (χ1n) is 11.6. The van der Waals surface area contributed by atoms with E-state index < -0.39 is 11.8 Å². The predicted octanol–water partition coefficient (Wildman–Crippen LogP) is 5.90. The summed E-state index contributed by atoms with van der Waals surface area (Å²) in [5.74, 6) is -0.500. The number of hydrogen-bond acceptors (Lipinski definition) is 5. The van der Waals surface area contributed by atoms with Crippen LogP contribution in [0.25, 0.3) is 0 Å². The molecule has 1 heterocycles. The number of hydrogen-bond donors (Lipinski definition) is 2. The summed E-state index contributed by atoms with van der Waals surface area (Å²) < 4.78 is 5.41. The van der Waals surface area contributed by atoms with Crippen molar-refractivity contribution in [2.75, 3.05) is 22.1 Å². The summed E-state index contributed by atoms with van der Waals surface area (Å²) in [4.78, 5) is 39.6. The fourth-order valence-electron chi connectivity index (χ4n) is 3.74. The Morgan fingerprint density at radius 2 is 1.64 bits per heavy atom. The zero-order valence-corrected chi connectivity index (χ0v) is 20.9. The Kier molecular flexibility index (Phi) is 7.41. The van der Waals surface area contributed by atoms with Gasteiger partial charge in [-0.2, -0.15) is 0 Å². The van der Waals surface area contributed by atoms with E-state index in [2.05, 4.69) is 24.5 Å². The first-order valence-corrected chi connectivity index (χ1v) is 12.0. The summed E-state index contributed by atoms with van der Waals surface area (Å²) in [5, 5.41) is 5.55. The first-order chi connectivity index (χ1) is 17.3. The number of halogens is 1. The molecule has 36 heavy (non-hydrogen) atoms. The normalized spacial score (nSPS) is 13.4. The maximum absolute atomic E-state index is 13.1. The molecular formula is C28H26ClN3O4. The largest absolute Gasteiger partial charge is 0.494 e. The van der Waals surface area contributed by atoms with Gasteiger partial charge in [-0.25, -0.2) is 4.90 Å². The molecule has 0 aromatic heterocycles. The van der Waals surface area contributed by atoms with Gasteiger partial charge in [0.05, 0.1) is 12.3 Å². The minimum atomic E-state index is -0.632. The van der Waals surface area contributed by atoms with Gasteiger partial charge in [-0.05, 0) is 73.0 Å². The summed E-state index contributed by atoms with van der Waals surface area (Å²) >= 11 is 6.24. The number of benzene rings is 3. The molecule has 0 saturated carbocycles. The van der Waals surface area contributed by atoms with Gasteiger partial charge in [0.25, 0.3) is 17.7 Å². The average molecular weight is 504 g/mol. The Balaban J connectivity index is 1.48. The molecule has 0 saturated heterocycles. The van der Waals surface area contributed by atoms with E-state index >= 15 is 0 Å². The molecule has 0 spiro atoms. The monoisotopic (exact) mass is 503 g/mol. The van der Waals surface area contributed by atoms with Gasteiger partial charge in [0.1, 0.15) is 16.5 Å². The van der Waals surface area contributed by atoms with Crippen molar-refractivity contribution in [2.24, 2.45) is 0 Å². The second kappa shape index (κ2) is 10.7. The molecule has 0 radical (unpaired) electrons. The van der Waals surface area contributed by atoms with Crippen molar-refractivity contribution >= 4 is 46.4 Å². The summed E-state index contributed by atoms with van der Waals surface area (Å²) in [6.07, 6.45) is 0. The van der Waals surface area contributed by atoms with Crippen LogP contribution in [0.4, 0.5) is 17.1 Å². The summed E-state index contributed by atoms with van der Waals surface area (Å²) in [6, 6.07) is 20.9. The molecule has 7 nitrogen and oxygen atoms in total. The minimum absolute atomic E-state index is 0.0580. The Hall–Kier alpha value is -4.10. The lowest BCUT2D eigenvalue weighted by Gasteiger charge is -2.16. The number of nitrogens with one attached hydrogen (secondary N) is 2. The Morgan fingerprint density at radius 1 is 0.944 bits per heavy atom. The van der Waals surface area contributed by atoms with Gasteiger partial charge in [-0.3, -0.25) is 14.4 Å². The van der Waals surface area contributed by atoms with Crippen molar-refractivity contribution in [1.82, 2.24) is 0 Å². The highest BCUT2D eigenvalue weighted by Crippen LogP contribution is 2.31. The van der Waals surface area contributed by atoms with Crippen molar-refractivity contribution in [3.63, 3.8) is 0 Å². The van der Waals surface area contributed by atoms with Crippen LogP contribution in [0.3, 0.4) is 0 Å². The Labute approximate surface area is 214 Å². The summed E-state index contributed by atoms with van der Waals surface area (Å²) in [6.45, 7) is 6.58. The fourth-order valence-corrected chi connectivity index (χ4v) is 3.95. The molecule has 0 bridgehead atoms. The first kappa shape index (κ1) is 25.0. The molecule has 3 amide bonds. The molecule has 0 atom stereocenters. The molecule has 0 aliphatic carbocycles. The second-order valence-corrected chi connectivity index (χ2v) is 8.88. The van der Waals surface area contributed by atoms with Gasteiger partial charge in [0.15, 0.2) is 0 Å². The van der Waals surface area contributed by atoms with E-state index in [-0.39, 0.29) is 16.6 Å². The molecule has 2 N–H and O–H groups in total. The van der Waals surface area contributed by atoms with Crippen LogP contribution in [0.2, 0.25) is 0 Å². The molecule has 4 rings (SSSR count). The van der Waals surface area contributed by atoms with Crippen LogP contribution in [-0.2, 0) is 9.59 Å². The third-order valence-corrected chi connectivity index (χ3v) is 6.01. The van der Waals surface area contributed by atoms with Gasteiger partial charge in [-0.15, -0.1) is 0 Å². The number of rotatable bonds is 8. The molecule has 8 heteroatoms. The van der Waals surface area contributed by atoms with E-state index in [1.165, 1.54) is 5.56 Å². The standard InChI is InChI=1S/C28H26ClN3O4/c1-4-36-23-14-12-22(13-15-23)32-27(34)24(29)25(28(32)35)30-21-7-5-6-19(16-21)26(33)31-20-10-8-18(9-11-20)17(2)3/h5-17,30H,4H2,1-3H3,(H,31,33). The molecule has 3 aromatic carbocycles. The van der Waals surface area contributed by atoms with Gasteiger partial charge in [-0.1, -0.05) is 43.6 Å².